The van der Waals surface area contributed by atoms with Crippen molar-refractivity contribution in [1.29, 1.82) is 0 Å². The summed E-state index contributed by atoms with van der Waals surface area (Å²) >= 11 is 0. The Morgan fingerprint density at radius 1 is 1.40 bits per heavy atom. The van der Waals surface area contributed by atoms with Crippen molar-refractivity contribution in [2.75, 3.05) is 13.2 Å². The lowest BCUT2D eigenvalue weighted by Crippen LogP contribution is -2.09. The molecule has 0 bridgehead atoms. The highest BCUT2D eigenvalue weighted by molar-refractivity contribution is 6.01. The number of imidazole rings is 1. The molecule has 2 rings (SSSR count). The summed E-state index contributed by atoms with van der Waals surface area (Å²) < 4.78 is 7.41. The molecule has 0 saturated carbocycles. The van der Waals surface area contributed by atoms with Crippen molar-refractivity contribution in [3.63, 3.8) is 0 Å². The molecule has 0 aliphatic heterocycles. The van der Waals surface area contributed by atoms with E-state index in [9.17, 15) is 9.90 Å². The fourth-order valence-electron chi connectivity index (χ4n) is 2.05. The lowest BCUT2D eigenvalue weighted by molar-refractivity contribution is 0.0698. The molecule has 0 atom stereocenters. The Hall–Kier alpha value is -1.88. The number of nitrogens with zero attached hydrogens (tertiary/aromatic N) is 2. The average molecular weight is 276 g/mol. The minimum absolute atomic E-state index is 0.280. The average Bonchev–Trinajstić information content (AvgIpc) is 2.81. The van der Waals surface area contributed by atoms with Crippen LogP contribution in [0.2, 0.25) is 0 Å². The van der Waals surface area contributed by atoms with E-state index in [-0.39, 0.29) is 5.56 Å². The summed E-state index contributed by atoms with van der Waals surface area (Å²) in [5.41, 5.74) is 1.64. The normalized spacial score (nSPS) is 11.3. The maximum absolute atomic E-state index is 11.2. The zero-order chi connectivity index (χ0) is 14.5. The number of ether oxygens (including phenoxy) is 1. The highest BCUT2D eigenvalue weighted by Gasteiger charge is 2.12. The summed E-state index contributed by atoms with van der Waals surface area (Å²) in [4.78, 5) is 15.5. The first kappa shape index (κ1) is 14.5. The molecule has 0 aliphatic rings. The molecule has 0 aliphatic carbocycles. The van der Waals surface area contributed by atoms with Gasteiger partial charge in [-0.25, -0.2) is 9.78 Å². The molecule has 0 saturated heterocycles. The van der Waals surface area contributed by atoms with Crippen molar-refractivity contribution in [3.8, 4) is 0 Å². The monoisotopic (exact) mass is 276 g/mol. The molecule has 0 spiro atoms. The SMILES string of the molecule is CC(C)CCOCCn1cnc2cccc(C(=O)O)c21. The summed E-state index contributed by atoms with van der Waals surface area (Å²) in [6.45, 7) is 6.22. The third-order valence-electron chi connectivity index (χ3n) is 3.18. The second-order valence-corrected chi connectivity index (χ2v) is 5.21. The van der Waals surface area contributed by atoms with Gasteiger partial charge in [-0.3, -0.25) is 0 Å². The molecule has 0 fully saturated rings. The van der Waals surface area contributed by atoms with Crippen LogP contribution < -0.4 is 0 Å². The van der Waals surface area contributed by atoms with E-state index in [0.29, 0.717) is 30.1 Å². The molecule has 5 heteroatoms. The fraction of sp³-hybridized carbons (Fsp3) is 0.467. The number of carboxylic acids is 1. The van der Waals surface area contributed by atoms with Crippen molar-refractivity contribution in [2.24, 2.45) is 5.92 Å². The van der Waals surface area contributed by atoms with Gasteiger partial charge in [-0.2, -0.15) is 0 Å². The Labute approximate surface area is 118 Å². The van der Waals surface area contributed by atoms with E-state index in [1.54, 1.807) is 18.5 Å². The predicted octanol–water partition coefficient (Wildman–Crippen LogP) is 2.80. The third kappa shape index (κ3) is 3.36. The summed E-state index contributed by atoms with van der Waals surface area (Å²) in [7, 11) is 0. The van der Waals surface area contributed by atoms with Gasteiger partial charge in [0, 0.05) is 13.2 Å². The second kappa shape index (κ2) is 6.52. The van der Waals surface area contributed by atoms with Crippen molar-refractivity contribution in [2.45, 2.75) is 26.8 Å². The van der Waals surface area contributed by atoms with Crippen LogP contribution in [0.25, 0.3) is 11.0 Å². The van der Waals surface area contributed by atoms with Gasteiger partial charge in [0.15, 0.2) is 0 Å². The molecule has 1 heterocycles. The highest BCUT2D eigenvalue weighted by Crippen LogP contribution is 2.18. The summed E-state index contributed by atoms with van der Waals surface area (Å²) in [5.74, 6) is -0.305. The highest BCUT2D eigenvalue weighted by atomic mass is 16.5. The third-order valence-corrected chi connectivity index (χ3v) is 3.18. The second-order valence-electron chi connectivity index (χ2n) is 5.21. The number of carboxylic acid groups (broad SMARTS) is 1. The van der Waals surface area contributed by atoms with Crippen LogP contribution in [0, 0.1) is 5.92 Å². The molecule has 5 nitrogen and oxygen atoms in total. The van der Waals surface area contributed by atoms with E-state index >= 15 is 0 Å². The van der Waals surface area contributed by atoms with Gasteiger partial charge < -0.3 is 14.4 Å². The lowest BCUT2D eigenvalue weighted by atomic mass is 10.1. The number of rotatable bonds is 7. The van der Waals surface area contributed by atoms with Gasteiger partial charge in [0.25, 0.3) is 0 Å². The molecule has 2 aromatic rings. The summed E-state index contributed by atoms with van der Waals surface area (Å²) in [6, 6.07) is 5.13. The van der Waals surface area contributed by atoms with Crippen LogP contribution in [-0.4, -0.2) is 33.8 Å². The summed E-state index contributed by atoms with van der Waals surface area (Å²) in [6.07, 6.45) is 2.70. The van der Waals surface area contributed by atoms with Crippen LogP contribution in [-0.2, 0) is 11.3 Å². The Morgan fingerprint density at radius 3 is 2.90 bits per heavy atom. The van der Waals surface area contributed by atoms with E-state index in [4.69, 9.17) is 4.74 Å². The van der Waals surface area contributed by atoms with Gasteiger partial charge in [0.2, 0.25) is 0 Å². The quantitative estimate of drug-likeness (QED) is 0.790. The molecular formula is C15H20N2O3. The standard InChI is InChI=1S/C15H20N2O3/c1-11(2)6-8-20-9-7-17-10-16-13-5-3-4-12(14(13)17)15(18)19/h3-5,10-11H,6-9H2,1-2H3,(H,18,19). The Kier molecular flexibility index (Phi) is 4.74. The molecule has 108 valence electrons. The van der Waals surface area contributed by atoms with Gasteiger partial charge in [0.1, 0.15) is 0 Å². The number of aromatic nitrogens is 2. The van der Waals surface area contributed by atoms with E-state index in [1.165, 1.54) is 0 Å². The molecule has 0 unspecified atom stereocenters. The van der Waals surface area contributed by atoms with Crippen LogP contribution in [0.5, 0.6) is 0 Å². The molecule has 20 heavy (non-hydrogen) atoms. The number of hydrogen-bond donors (Lipinski definition) is 1. The van der Waals surface area contributed by atoms with Crippen LogP contribution >= 0.6 is 0 Å². The van der Waals surface area contributed by atoms with E-state index < -0.39 is 5.97 Å². The Morgan fingerprint density at radius 2 is 2.20 bits per heavy atom. The van der Waals surface area contributed by atoms with Crippen molar-refractivity contribution in [3.05, 3.63) is 30.1 Å². The first-order chi connectivity index (χ1) is 9.59. The van der Waals surface area contributed by atoms with Crippen LogP contribution in [0.4, 0.5) is 0 Å². The zero-order valence-electron chi connectivity index (χ0n) is 11.9. The lowest BCUT2D eigenvalue weighted by Gasteiger charge is -2.08. The van der Waals surface area contributed by atoms with Crippen LogP contribution in [0.15, 0.2) is 24.5 Å². The van der Waals surface area contributed by atoms with Crippen LogP contribution in [0.1, 0.15) is 30.6 Å². The Balaban J connectivity index is 2.05. The molecular weight excluding hydrogens is 256 g/mol. The number of carbonyl (C=O) groups is 1. The molecule has 0 radical (unpaired) electrons. The maximum atomic E-state index is 11.2. The van der Waals surface area contributed by atoms with E-state index in [0.717, 1.165) is 13.0 Å². The number of hydrogen-bond acceptors (Lipinski definition) is 3. The van der Waals surface area contributed by atoms with Crippen molar-refractivity contribution in [1.82, 2.24) is 9.55 Å². The molecule has 0 amide bonds. The van der Waals surface area contributed by atoms with Crippen molar-refractivity contribution >= 4 is 17.0 Å². The number of aromatic carboxylic acids is 1. The fourth-order valence-corrected chi connectivity index (χ4v) is 2.05. The number of benzene rings is 1. The van der Waals surface area contributed by atoms with Gasteiger partial charge in [-0.05, 0) is 24.5 Å². The minimum Gasteiger partial charge on any atom is -0.478 e. The first-order valence-electron chi connectivity index (χ1n) is 6.84. The largest absolute Gasteiger partial charge is 0.478 e. The van der Waals surface area contributed by atoms with Gasteiger partial charge in [0.05, 0.1) is 29.5 Å². The topological polar surface area (TPSA) is 64.4 Å². The van der Waals surface area contributed by atoms with Crippen LogP contribution in [0.3, 0.4) is 0 Å². The zero-order valence-corrected chi connectivity index (χ0v) is 11.9. The van der Waals surface area contributed by atoms with E-state index in [1.807, 2.05) is 10.6 Å². The Bertz CT molecular complexity index is 590. The molecule has 1 aromatic heterocycles. The minimum atomic E-state index is -0.932. The smallest absolute Gasteiger partial charge is 0.337 e. The molecule has 1 N–H and O–H groups in total. The summed E-state index contributed by atoms with van der Waals surface area (Å²) in [5, 5.41) is 9.22. The van der Waals surface area contributed by atoms with E-state index in [2.05, 4.69) is 18.8 Å². The molecule has 1 aromatic carbocycles. The maximum Gasteiger partial charge on any atom is 0.337 e. The van der Waals surface area contributed by atoms with Gasteiger partial charge in [-0.1, -0.05) is 19.9 Å². The number of para-hydroxylation sites is 1. The van der Waals surface area contributed by atoms with Crippen molar-refractivity contribution < 1.29 is 14.6 Å². The first-order valence-corrected chi connectivity index (χ1v) is 6.84. The predicted molar refractivity (Wildman–Crippen MR) is 77.0 cm³/mol. The number of fused-ring (bicyclic) bond motifs is 1. The van der Waals surface area contributed by atoms with Gasteiger partial charge in [-0.15, -0.1) is 0 Å². The van der Waals surface area contributed by atoms with Gasteiger partial charge >= 0.3 is 5.97 Å².